The third-order valence-corrected chi connectivity index (χ3v) is 6.29. The number of thiophene rings is 1. The number of anilines is 1. The van der Waals surface area contributed by atoms with E-state index in [1.165, 1.54) is 16.9 Å². The molecule has 0 saturated heterocycles. The van der Waals surface area contributed by atoms with Crippen molar-refractivity contribution in [2.45, 2.75) is 72.1 Å². The number of nitrogens with one attached hydrogen (secondary N) is 1. The van der Waals surface area contributed by atoms with Gasteiger partial charge >= 0.3 is 5.97 Å². The average Bonchev–Trinajstić information content (AvgIpc) is 2.99. The van der Waals surface area contributed by atoms with E-state index in [9.17, 15) is 4.79 Å². The van der Waals surface area contributed by atoms with Crippen LogP contribution in [0.1, 0.15) is 80.1 Å². The lowest BCUT2D eigenvalue weighted by atomic mass is 9.95. The minimum absolute atomic E-state index is 0.217. The fourth-order valence-electron chi connectivity index (χ4n) is 3.26. The second kappa shape index (κ2) is 10.9. The number of carbonyl (C=O) groups excluding carboxylic acids is 1. The van der Waals surface area contributed by atoms with Crippen LogP contribution in [0, 0.1) is 0 Å². The molecule has 1 N–H and O–H groups in total. The van der Waals surface area contributed by atoms with Crippen molar-refractivity contribution in [2.24, 2.45) is 0 Å². The van der Waals surface area contributed by atoms with Crippen LogP contribution in [0.25, 0.3) is 0 Å². The molecule has 1 aromatic rings. The Morgan fingerprint density at radius 1 is 1.15 bits per heavy atom. The number of aryl methyl sites for hydroxylation is 1. The minimum atomic E-state index is -0.217. The Hall–Kier alpha value is -1.14. The highest BCUT2D eigenvalue weighted by molar-refractivity contribution is 7.80. The van der Waals surface area contributed by atoms with Gasteiger partial charge in [-0.3, -0.25) is 0 Å². The topological polar surface area (TPSA) is 41.6 Å². The van der Waals surface area contributed by atoms with Crippen LogP contribution in [-0.2, 0) is 17.6 Å². The van der Waals surface area contributed by atoms with Gasteiger partial charge in [0.15, 0.2) is 5.11 Å². The molecule has 0 unspecified atom stereocenters. The zero-order chi connectivity index (χ0) is 18.9. The van der Waals surface area contributed by atoms with Crippen molar-refractivity contribution in [1.29, 1.82) is 0 Å². The Labute approximate surface area is 167 Å². The fraction of sp³-hybridized carbons (Fsp3) is 0.700. The summed E-state index contributed by atoms with van der Waals surface area (Å²) in [4.78, 5) is 16.1. The lowest BCUT2D eigenvalue weighted by Gasteiger charge is -2.25. The van der Waals surface area contributed by atoms with Gasteiger partial charge in [0.05, 0.1) is 12.2 Å². The zero-order valence-electron chi connectivity index (χ0n) is 16.4. The molecule has 0 radical (unpaired) electrons. The van der Waals surface area contributed by atoms with Gasteiger partial charge < -0.3 is 15.0 Å². The first-order chi connectivity index (χ1) is 12.6. The number of hydrogen-bond acceptors (Lipinski definition) is 4. The second-order valence-electron chi connectivity index (χ2n) is 6.76. The Kier molecular flexibility index (Phi) is 8.85. The Bertz CT molecular complexity index is 605. The quantitative estimate of drug-likeness (QED) is 0.447. The van der Waals surface area contributed by atoms with Gasteiger partial charge in [0.1, 0.15) is 5.00 Å². The van der Waals surface area contributed by atoms with Crippen molar-refractivity contribution >= 4 is 39.6 Å². The lowest BCUT2D eigenvalue weighted by Crippen LogP contribution is -2.36. The van der Waals surface area contributed by atoms with Crippen molar-refractivity contribution in [3.05, 3.63) is 16.0 Å². The van der Waals surface area contributed by atoms with Gasteiger partial charge in [-0.05, 0) is 63.2 Å². The predicted molar refractivity (Wildman–Crippen MR) is 115 cm³/mol. The molecule has 0 spiro atoms. The van der Waals surface area contributed by atoms with E-state index in [1.807, 2.05) is 6.92 Å². The molecule has 0 fully saturated rings. The number of ether oxygens (including phenoxy) is 1. The number of rotatable bonds is 9. The molecule has 0 saturated carbocycles. The lowest BCUT2D eigenvalue weighted by molar-refractivity contribution is 0.0526. The smallest absolute Gasteiger partial charge is 0.341 e. The van der Waals surface area contributed by atoms with E-state index >= 15 is 0 Å². The van der Waals surface area contributed by atoms with Crippen LogP contribution in [0.2, 0.25) is 0 Å². The maximum atomic E-state index is 12.6. The molecular weight excluding hydrogens is 364 g/mol. The second-order valence-corrected chi connectivity index (χ2v) is 8.25. The van der Waals surface area contributed by atoms with Crippen LogP contribution in [0.5, 0.6) is 0 Å². The Balaban J connectivity index is 2.21. The normalized spacial score (nSPS) is 13.2. The molecule has 0 atom stereocenters. The number of esters is 1. The van der Waals surface area contributed by atoms with Crippen LogP contribution in [0.15, 0.2) is 0 Å². The van der Waals surface area contributed by atoms with Crippen molar-refractivity contribution < 1.29 is 9.53 Å². The Morgan fingerprint density at radius 3 is 2.42 bits per heavy atom. The van der Waals surface area contributed by atoms with Crippen molar-refractivity contribution in [3.8, 4) is 0 Å². The van der Waals surface area contributed by atoms with Gasteiger partial charge in [-0.15, -0.1) is 11.3 Å². The number of carbonyl (C=O) groups is 1. The van der Waals surface area contributed by atoms with Gasteiger partial charge in [0, 0.05) is 18.0 Å². The largest absolute Gasteiger partial charge is 0.462 e. The summed E-state index contributed by atoms with van der Waals surface area (Å²) in [7, 11) is 0. The fourth-order valence-corrected chi connectivity index (χ4v) is 4.89. The van der Waals surface area contributed by atoms with Gasteiger partial charge in [-0.1, -0.05) is 26.7 Å². The van der Waals surface area contributed by atoms with Crippen LogP contribution >= 0.6 is 23.6 Å². The molecule has 1 aliphatic carbocycles. The van der Waals surface area contributed by atoms with Crippen LogP contribution in [0.4, 0.5) is 5.00 Å². The molecule has 2 rings (SSSR count). The summed E-state index contributed by atoms with van der Waals surface area (Å²) in [6.07, 6.45) is 8.88. The first-order valence-electron chi connectivity index (χ1n) is 9.99. The van der Waals surface area contributed by atoms with Gasteiger partial charge in [-0.25, -0.2) is 4.79 Å². The summed E-state index contributed by atoms with van der Waals surface area (Å²) in [6.45, 7) is 8.56. The molecule has 1 heterocycles. The van der Waals surface area contributed by atoms with E-state index in [0.717, 1.165) is 73.7 Å². The monoisotopic (exact) mass is 396 g/mol. The standard InChI is InChI=1S/C20H32N2O2S2/c1-4-7-13-22(14-8-5-2)20(25)21-18-17(19(23)24-6-3)15-11-9-10-12-16(15)26-18/h4-14H2,1-3H3,(H,21,25). The Morgan fingerprint density at radius 2 is 1.81 bits per heavy atom. The molecule has 4 nitrogen and oxygen atoms in total. The summed E-state index contributed by atoms with van der Waals surface area (Å²) in [5, 5.41) is 5.01. The van der Waals surface area contributed by atoms with Gasteiger partial charge in [0.2, 0.25) is 0 Å². The van der Waals surface area contributed by atoms with E-state index in [-0.39, 0.29) is 5.97 Å². The summed E-state index contributed by atoms with van der Waals surface area (Å²) in [5.74, 6) is -0.217. The van der Waals surface area contributed by atoms with Gasteiger partial charge in [0.25, 0.3) is 0 Å². The molecule has 26 heavy (non-hydrogen) atoms. The molecule has 0 aliphatic heterocycles. The first kappa shape index (κ1) is 21.2. The number of nitrogens with zero attached hydrogens (tertiary/aromatic N) is 1. The minimum Gasteiger partial charge on any atom is -0.462 e. The summed E-state index contributed by atoms with van der Waals surface area (Å²) < 4.78 is 5.34. The van der Waals surface area contributed by atoms with Crippen LogP contribution < -0.4 is 5.32 Å². The maximum absolute atomic E-state index is 12.6. The maximum Gasteiger partial charge on any atom is 0.341 e. The summed E-state index contributed by atoms with van der Waals surface area (Å²) in [5.41, 5.74) is 1.90. The highest BCUT2D eigenvalue weighted by Crippen LogP contribution is 2.38. The zero-order valence-corrected chi connectivity index (χ0v) is 18.0. The molecule has 0 amide bonds. The highest BCUT2D eigenvalue weighted by Gasteiger charge is 2.27. The van der Waals surface area contributed by atoms with E-state index < -0.39 is 0 Å². The van der Waals surface area contributed by atoms with Crippen LogP contribution in [-0.4, -0.2) is 35.7 Å². The first-order valence-corrected chi connectivity index (χ1v) is 11.2. The molecular formula is C20H32N2O2S2. The SMILES string of the molecule is CCCCN(CCCC)C(=S)Nc1sc2c(c1C(=O)OCC)CCCC2. The summed E-state index contributed by atoms with van der Waals surface area (Å²) >= 11 is 7.39. The van der Waals surface area contributed by atoms with Crippen molar-refractivity contribution in [2.75, 3.05) is 25.0 Å². The number of thiocarbonyl (C=S) groups is 1. The van der Waals surface area contributed by atoms with E-state index in [4.69, 9.17) is 17.0 Å². The highest BCUT2D eigenvalue weighted by atomic mass is 32.1. The molecule has 6 heteroatoms. The van der Waals surface area contributed by atoms with Crippen LogP contribution in [0.3, 0.4) is 0 Å². The van der Waals surface area contributed by atoms with Crippen molar-refractivity contribution in [3.63, 3.8) is 0 Å². The molecule has 1 aromatic heterocycles. The third kappa shape index (κ3) is 5.43. The molecule has 1 aliphatic rings. The number of unbranched alkanes of at least 4 members (excludes halogenated alkanes) is 2. The average molecular weight is 397 g/mol. The third-order valence-electron chi connectivity index (χ3n) is 4.72. The predicted octanol–water partition coefficient (Wildman–Crippen LogP) is 5.40. The molecule has 0 aromatic carbocycles. The number of hydrogen-bond donors (Lipinski definition) is 1. The van der Waals surface area contributed by atoms with E-state index in [0.29, 0.717) is 6.61 Å². The molecule has 0 bridgehead atoms. The van der Waals surface area contributed by atoms with E-state index in [2.05, 4.69) is 24.1 Å². The summed E-state index contributed by atoms with van der Waals surface area (Å²) in [6, 6.07) is 0. The number of fused-ring (bicyclic) bond motifs is 1. The van der Waals surface area contributed by atoms with Crippen molar-refractivity contribution in [1.82, 2.24) is 4.90 Å². The van der Waals surface area contributed by atoms with Gasteiger partial charge in [-0.2, -0.15) is 0 Å². The molecule has 146 valence electrons. The van der Waals surface area contributed by atoms with E-state index in [1.54, 1.807) is 11.3 Å².